The van der Waals surface area contributed by atoms with Crippen molar-refractivity contribution in [2.24, 2.45) is 0 Å². The molecule has 0 amide bonds. The Kier molecular flexibility index (Phi) is 3.43. The molecule has 100 valence electrons. The van der Waals surface area contributed by atoms with Crippen molar-refractivity contribution in [3.63, 3.8) is 0 Å². The summed E-state index contributed by atoms with van der Waals surface area (Å²) in [4.78, 5) is 14.2. The van der Waals surface area contributed by atoms with E-state index >= 15 is 0 Å². The van der Waals surface area contributed by atoms with Crippen LogP contribution in [0.4, 0.5) is 5.69 Å². The number of benzene rings is 1. The highest BCUT2D eigenvalue weighted by molar-refractivity contribution is 5.61. The van der Waals surface area contributed by atoms with E-state index in [2.05, 4.69) is 10.1 Å². The molecule has 19 heavy (non-hydrogen) atoms. The molecule has 0 saturated heterocycles. The minimum Gasteiger partial charge on any atom is -0.490 e. The number of methoxy groups -OCH3 is 1. The maximum absolute atomic E-state index is 10.8. The summed E-state index contributed by atoms with van der Waals surface area (Å²) < 4.78 is 9.91. The molecule has 1 N–H and O–H groups in total. The number of ether oxygens (including phenoxy) is 1. The van der Waals surface area contributed by atoms with Crippen molar-refractivity contribution in [2.75, 3.05) is 7.11 Å². The quantitative estimate of drug-likeness (QED) is 0.661. The summed E-state index contributed by atoms with van der Waals surface area (Å²) in [7, 11) is 1.33. The van der Waals surface area contributed by atoms with Gasteiger partial charge >= 0.3 is 5.69 Å². The molecule has 0 aliphatic heterocycles. The highest BCUT2D eigenvalue weighted by Gasteiger charge is 2.18. The molecule has 0 radical (unpaired) electrons. The fourth-order valence-corrected chi connectivity index (χ4v) is 1.48. The van der Waals surface area contributed by atoms with Gasteiger partial charge in [-0.15, -0.1) is 0 Å². The first-order valence-electron chi connectivity index (χ1n) is 5.37. The van der Waals surface area contributed by atoms with Gasteiger partial charge in [0.2, 0.25) is 0 Å². The van der Waals surface area contributed by atoms with Crippen molar-refractivity contribution in [2.45, 2.75) is 13.0 Å². The van der Waals surface area contributed by atoms with Crippen LogP contribution in [0, 0.1) is 10.1 Å². The molecule has 2 rings (SSSR count). The van der Waals surface area contributed by atoms with Crippen LogP contribution < -0.4 is 4.74 Å². The Hall–Kier alpha value is -2.48. The lowest BCUT2D eigenvalue weighted by atomic mass is 10.2. The third-order valence-corrected chi connectivity index (χ3v) is 2.44. The van der Waals surface area contributed by atoms with Crippen LogP contribution in [-0.2, 0) is 0 Å². The van der Waals surface area contributed by atoms with Crippen molar-refractivity contribution in [3.05, 3.63) is 34.1 Å². The van der Waals surface area contributed by atoms with E-state index in [1.54, 1.807) is 0 Å². The lowest BCUT2D eigenvalue weighted by molar-refractivity contribution is -0.385. The minimum atomic E-state index is -0.850. The zero-order chi connectivity index (χ0) is 14.0. The standard InChI is InChI=1S/C11H11N3O5/c1-6(15)10-12-11(19-13-10)7-3-4-8(14(16)17)9(5-7)18-2/h3-6,15H,1-2H3. The van der Waals surface area contributed by atoms with Crippen molar-refractivity contribution < 1.29 is 19.3 Å². The third kappa shape index (κ3) is 2.52. The van der Waals surface area contributed by atoms with Crippen molar-refractivity contribution in [1.29, 1.82) is 0 Å². The number of aliphatic hydroxyl groups excluding tert-OH is 1. The molecular formula is C11H11N3O5. The molecule has 0 spiro atoms. The van der Waals surface area contributed by atoms with Gasteiger partial charge in [0, 0.05) is 17.7 Å². The van der Waals surface area contributed by atoms with Crippen LogP contribution in [-0.4, -0.2) is 27.3 Å². The maximum atomic E-state index is 10.8. The number of nitro groups is 1. The summed E-state index contributed by atoms with van der Waals surface area (Å²) in [6.45, 7) is 1.51. The maximum Gasteiger partial charge on any atom is 0.310 e. The van der Waals surface area contributed by atoms with Crippen LogP contribution in [0.1, 0.15) is 18.9 Å². The van der Waals surface area contributed by atoms with Gasteiger partial charge in [-0.25, -0.2) is 0 Å². The van der Waals surface area contributed by atoms with Gasteiger partial charge < -0.3 is 14.4 Å². The number of nitro benzene ring substituents is 1. The van der Waals surface area contributed by atoms with E-state index in [1.807, 2.05) is 0 Å². The molecule has 1 aromatic heterocycles. The molecule has 1 unspecified atom stereocenters. The predicted molar refractivity (Wildman–Crippen MR) is 63.6 cm³/mol. The van der Waals surface area contributed by atoms with Crippen LogP contribution in [0.15, 0.2) is 22.7 Å². The Bertz CT molecular complexity index is 608. The molecule has 1 heterocycles. The number of aliphatic hydroxyl groups is 1. The highest BCUT2D eigenvalue weighted by atomic mass is 16.6. The Labute approximate surface area is 107 Å². The molecule has 0 saturated carbocycles. The first-order valence-corrected chi connectivity index (χ1v) is 5.37. The zero-order valence-electron chi connectivity index (χ0n) is 10.2. The Morgan fingerprint density at radius 3 is 2.79 bits per heavy atom. The van der Waals surface area contributed by atoms with Gasteiger partial charge in [0.25, 0.3) is 5.89 Å². The fraction of sp³-hybridized carbons (Fsp3) is 0.273. The van der Waals surface area contributed by atoms with E-state index in [9.17, 15) is 15.2 Å². The van der Waals surface area contributed by atoms with E-state index in [0.29, 0.717) is 5.56 Å². The van der Waals surface area contributed by atoms with Crippen molar-refractivity contribution >= 4 is 5.69 Å². The average Bonchev–Trinajstić information content (AvgIpc) is 2.87. The van der Waals surface area contributed by atoms with E-state index in [1.165, 1.54) is 32.2 Å². The summed E-state index contributed by atoms with van der Waals surface area (Å²) in [5, 5.41) is 23.7. The molecule has 8 heteroatoms. The van der Waals surface area contributed by atoms with Crippen LogP contribution in [0.25, 0.3) is 11.5 Å². The smallest absolute Gasteiger partial charge is 0.310 e. The normalized spacial score (nSPS) is 12.2. The first-order chi connectivity index (χ1) is 9.02. The average molecular weight is 265 g/mol. The SMILES string of the molecule is COc1cc(-c2nc(C(C)O)no2)ccc1[N+](=O)[O-]. The molecule has 0 bridgehead atoms. The molecule has 2 aromatic rings. The summed E-state index contributed by atoms with van der Waals surface area (Å²) >= 11 is 0. The highest BCUT2D eigenvalue weighted by Crippen LogP contribution is 2.31. The van der Waals surface area contributed by atoms with Gasteiger partial charge in [-0.3, -0.25) is 10.1 Å². The van der Waals surface area contributed by atoms with Gasteiger partial charge in [0.05, 0.1) is 12.0 Å². The van der Waals surface area contributed by atoms with Gasteiger partial charge in [-0.05, 0) is 13.0 Å². The number of rotatable bonds is 4. The van der Waals surface area contributed by atoms with Crippen LogP contribution >= 0.6 is 0 Å². The topological polar surface area (TPSA) is 112 Å². The number of aromatic nitrogens is 2. The molecule has 1 atom stereocenters. The molecule has 0 aliphatic carbocycles. The second kappa shape index (κ2) is 5.02. The summed E-state index contributed by atoms with van der Waals surface area (Å²) in [6.07, 6.45) is -0.850. The van der Waals surface area contributed by atoms with E-state index < -0.39 is 11.0 Å². The summed E-state index contributed by atoms with van der Waals surface area (Å²) in [5.41, 5.74) is 0.323. The van der Waals surface area contributed by atoms with Crippen molar-refractivity contribution in [1.82, 2.24) is 10.1 Å². The predicted octanol–water partition coefficient (Wildman–Crippen LogP) is 1.71. The first kappa shape index (κ1) is 13.0. The second-order valence-corrected chi connectivity index (χ2v) is 3.78. The number of hydrogen-bond acceptors (Lipinski definition) is 7. The number of hydrogen-bond donors (Lipinski definition) is 1. The van der Waals surface area contributed by atoms with Crippen LogP contribution in [0.2, 0.25) is 0 Å². The fourth-order valence-electron chi connectivity index (χ4n) is 1.48. The van der Waals surface area contributed by atoms with Gasteiger partial charge in [-0.1, -0.05) is 5.16 Å². The lowest BCUT2D eigenvalue weighted by Gasteiger charge is -2.02. The number of nitrogens with zero attached hydrogens (tertiary/aromatic N) is 3. The Morgan fingerprint density at radius 1 is 1.53 bits per heavy atom. The lowest BCUT2D eigenvalue weighted by Crippen LogP contribution is -1.95. The van der Waals surface area contributed by atoms with Crippen LogP contribution in [0.5, 0.6) is 5.75 Å². The van der Waals surface area contributed by atoms with E-state index in [0.717, 1.165) is 0 Å². The second-order valence-electron chi connectivity index (χ2n) is 3.78. The van der Waals surface area contributed by atoms with Gasteiger partial charge in [0.1, 0.15) is 6.10 Å². The minimum absolute atomic E-state index is 0.0966. The largest absolute Gasteiger partial charge is 0.490 e. The molecule has 8 nitrogen and oxygen atoms in total. The van der Waals surface area contributed by atoms with Gasteiger partial charge in [-0.2, -0.15) is 4.98 Å². The Morgan fingerprint density at radius 2 is 2.26 bits per heavy atom. The van der Waals surface area contributed by atoms with Crippen molar-refractivity contribution in [3.8, 4) is 17.2 Å². The van der Waals surface area contributed by atoms with Crippen LogP contribution in [0.3, 0.4) is 0 Å². The third-order valence-electron chi connectivity index (χ3n) is 2.44. The molecule has 0 fully saturated rings. The van der Waals surface area contributed by atoms with E-state index in [4.69, 9.17) is 9.26 Å². The Balaban J connectivity index is 2.42. The molecule has 0 aliphatic rings. The van der Waals surface area contributed by atoms with Gasteiger partial charge in [0.15, 0.2) is 11.6 Å². The summed E-state index contributed by atoms with van der Waals surface area (Å²) in [6, 6.07) is 4.19. The molecular weight excluding hydrogens is 254 g/mol. The zero-order valence-corrected chi connectivity index (χ0v) is 10.2. The molecule has 1 aromatic carbocycles. The summed E-state index contributed by atoms with van der Waals surface area (Å²) in [5.74, 6) is 0.399. The van der Waals surface area contributed by atoms with E-state index in [-0.39, 0.29) is 23.2 Å². The monoisotopic (exact) mass is 265 g/mol.